The van der Waals surface area contributed by atoms with Crippen LogP contribution in [0.3, 0.4) is 0 Å². The largest absolute Gasteiger partial charge is 0.472 e. The van der Waals surface area contributed by atoms with Crippen LogP contribution < -0.4 is 0 Å². The standard InChI is InChI=1S/C44H77O8P/c1-4-7-9-11-13-15-17-19-21-22-23-24-25-27-29-31-33-35-37-39-44(46)52-42(41-51-53(47,48)50-6-3)40-49-43(45)38-36-34-32-30-28-26-20-18-16-14-12-10-8-5-2/h12-15,18-21,23-24,42H,4-11,16-17,22,25-41H2,1-3H3,(H,47,48)/b14-12-,15-13-,20-18-,21-19-,24-23-. The average molecular weight is 765 g/mol. The number of allylic oxidation sites excluding steroid dienone is 10. The molecule has 0 aliphatic heterocycles. The highest BCUT2D eigenvalue weighted by Crippen LogP contribution is 2.43. The van der Waals surface area contributed by atoms with E-state index in [1.165, 1.54) is 38.5 Å². The second-order valence-corrected chi connectivity index (χ2v) is 15.1. The molecule has 8 nitrogen and oxygen atoms in total. The van der Waals surface area contributed by atoms with Crippen molar-refractivity contribution < 1.29 is 37.6 Å². The number of carbonyl (C=O) groups is 2. The van der Waals surface area contributed by atoms with Gasteiger partial charge in [-0.05, 0) is 84.0 Å². The Bertz CT molecular complexity index is 1050. The first-order chi connectivity index (χ1) is 25.8. The number of carbonyl (C=O) groups excluding carboxylic acids is 2. The molecule has 0 aromatic carbocycles. The monoisotopic (exact) mass is 765 g/mol. The molecular weight excluding hydrogens is 687 g/mol. The van der Waals surface area contributed by atoms with Gasteiger partial charge in [-0.3, -0.25) is 18.6 Å². The summed E-state index contributed by atoms with van der Waals surface area (Å²) in [5.74, 6) is -0.832. The lowest BCUT2D eigenvalue weighted by Gasteiger charge is -2.19. The second-order valence-electron chi connectivity index (χ2n) is 13.6. The van der Waals surface area contributed by atoms with Crippen LogP contribution in [0.15, 0.2) is 60.8 Å². The summed E-state index contributed by atoms with van der Waals surface area (Å²) < 4.78 is 32.6. The molecule has 0 saturated heterocycles. The molecular formula is C44H77O8P. The fourth-order valence-corrected chi connectivity index (χ4v) is 6.17. The minimum atomic E-state index is -4.29. The maximum absolute atomic E-state index is 12.5. The lowest BCUT2D eigenvalue weighted by atomic mass is 10.1. The molecule has 0 heterocycles. The van der Waals surface area contributed by atoms with Gasteiger partial charge in [-0.2, -0.15) is 0 Å². The van der Waals surface area contributed by atoms with E-state index in [1.807, 2.05) is 0 Å². The Morgan fingerprint density at radius 2 is 0.925 bits per heavy atom. The summed E-state index contributed by atoms with van der Waals surface area (Å²) in [6.45, 7) is 5.36. The number of ether oxygens (including phenoxy) is 2. The molecule has 0 spiro atoms. The smallest absolute Gasteiger partial charge is 0.462 e. The first kappa shape index (κ1) is 50.8. The van der Waals surface area contributed by atoms with Crippen LogP contribution in [-0.4, -0.2) is 42.8 Å². The maximum atomic E-state index is 12.5. The highest BCUT2D eigenvalue weighted by Gasteiger charge is 2.25. The van der Waals surface area contributed by atoms with Gasteiger partial charge in [0.2, 0.25) is 0 Å². The molecule has 53 heavy (non-hydrogen) atoms. The van der Waals surface area contributed by atoms with Crippen molar-refractivity contribution in [2.45, 2.75) is 187 Å². The Morgan fingerprint density at radius 1 is 0.509 bits per heavy atom. The third kappa shape index (κ3) is 39.3. The van der Waals surface area contributed by atoms with Gasteiger partial charge in [0.05, 0.1) is 13.2 Å². The summed E-state index contributed by atoms with van der Waals surface area (Å²) in [5.41, 5.74) is 0. The zero-order valence-corrected chi connectivity index (χ0v) is 34.8. The van der Waals surface area contributed by atoms with Crippen molar-refractivity contribution in [2.24, 2.45) is 0 Å². The van der Waals surface area contributed by atoms with Crippen molar-refractivity contribution in [3.63, 3.8) is 0 Å². The predicted molar refractivity (Wildman–Crippen MR) is 221 cm³/mol. The van der Waals surface area contributed by atoms with Crippen LogP contribution in [-0.2, 0) is 32.7 Å². The molecule has 0 saturated carbocycles. The summed E-state index contributed by atoms with van der Waals surface area (Å²) in [7, 11) is -4.29. The molecule has 0 amide bonds. The third-order valence-corrected chi connectivity index (χ3v) is 9.61. The molecule has 1 N–H and O–H groups in total. The molecule has 0 fully saturated rings. The molecule has 0 bridgehead atoms. The Hall–Kier alpha value is -2.25. The van der Waals surface area contributed by atoms with Gasteiger partial charge in [0.25, 0.3) is 0 Å². The Balaban J connectivity index is 4.15. The summed E-state index contributed by atoms with van der Waals surface area (Å²) in [4.78, 5) is 34.7. The fraction of sp³-hybridized carbons (Fsp3) is 0.727. The number of unbranched alkanes of at least 4 members (excludes halogenated alkanes) is 16. The van der Waals surface area contributed by atoms with E-state index in [1.54, 1.807) is 6.92 Å². The Morgan fingerprint density at radius 3 is 1.42 bits per heavy atom. The quantitative estimate of drug-likeness (QED) is 0.0286. The van der Waals surface area contributed by atoms with E-state index >= 15 is 0 Å². The molecule has 9 heteroatoms. The zero-order valence-electron chi connectivity index (χ0n) is 33.9. The molecule has 2 unspecified atom stereocenters. The highest BCUT2D eigenvalue weighted by molar-refractivity contribution is 7.47. The Kier molecular flexibility index (Phi) is 37.8. The molecule has 0 aromatic heterocycles. The van der Waals surface area contributed by atoms with Gasteiger partial charge in [-0.15, -0.1) is 0 Å². The van der Waals surface area contributed by atoms with Crippen molar-refractivity contribution in [3.8, 4) is 0 Å². The summed E-state index contributed by atoms with van der Waals surface area (Å²) >= 11 is 0. The van der Waals surface area contributed by atoms with E-state index in [2.05, 4.69) is 74.6 Å². The Labute approximate surface area is 324 Å². The SMILES string of the molecule is CCCC/C=C\C/C=C\CCCCCCCC(=O)OCC(COP(=O)(O)OCC)OC(=O)CCCCCCCC/C=C\C/C=C\C/C=C\CCCCC. The summed E-state index contributed by atoms with van der Waals surface area (Å²) in [6, 6.07) is 0. The van der Waals surface area contributed by atoms with Gasteiger partial charge in [-0.25, -0.2) is 4.57 Å². The van der Waals surface area contributed by atoms with Gasteiger partial charge in [0.1, 0.15) is 6.61 Å². The third-order valence-electron chi connectivity index (χ3n) is 8.55. The molecule has 0 aliphatic rings. The minimum absolute atomic E-state index is 0.00736. The van der Waals surface area contributed by atoms with Crippen LogP contribution in [0.1, 0.15) is 181 Å². The van der Waals surface area contributed by atoms with E-state index in [0.29, 0.717) is 6.42 Å². The lowest BCUT2D eigenvalue weighted by molar-refractivity contribution is -0.161. The summed E-state index contributed by atoms with van der Waals surface area (Å²) in [5, 5.41) is 0. The van der Waals surface area contributed by atoms with E-state index in [9.17, 15) is 19.0 Å². The maximum Gasteiger partial charge on any atom is 0.472 e. The first-order valence-electron chi connectivity index (χ1n) is 21.1. The number of hydrogen-bond donors (Lipinski definition) is 1. The number of hydrogen-bond acceptors (Lipinski definition) is 7. The van der Waals surface area contributed by atoms with Crippen LogP contribution in [0.4, 0.5) is 0 Å². The van der Waals surface area contributed by atoms with Crippen LogP contribution >= 0.6 is 7.82 Å². The van der Waals surface area contributed by atoms with Crippen molar-refractivity contribution >= 4 is 19.8 Å². The van der Waals surface area contributed by atoms with Crippen molar-refractivity contribution in [1.82, 2.24) is 0 Å². The number of rotatable bonds is 38. The topological polar surface area (TPSA) is 108 Å². The van der Waals surface area contributed by atoms with Gasteiger partial charge >= 0.3 is 19.8 Å². The fourth-order valence-electron chi connectivity index (χ4n) is 5.42. The molecule has 2 atom stereocenters. The molecule has 0 radical (unpaired) electrons. The van der Waals surface area contributed by atoms with Crippen molar-refractivity contribution in [3.05, 3.63) is 60.8 Å². The number of phosphoric ester groups is 1. The summed E-state index contributed by atoms with van der Waals surface area (Å²) in [6.07, 6.45) is 46.9. The highest BCUT2D eigenvalue weighted by atomic mass is 31.2. The predicted octanol–water partition coefficient (Wildman–Crippen LogP) is 13.2. The normalized spacial score (nSPS) is 14.0. The van der Waals surface area contributed by atoms with Crippen LogP contribution in [0.2, 0.25) is 0 Å². The molecule has 0 aliphatic carbocycles. The van der Waals surface area contributed by atoms with Crippen LogP contribution in [0.5, 0.6) is 0 Å². The second kappa shape index (κ2) is 39.4. The van der Waals surface area contributed by atoms with Gasteiger partial charge < -0.3 is 14.4 Å². The van der Waals surface area contributed by atoms with E-state index in [-0.39, 0.29) is 32.0 Å². The molecule has 306 valence electrons. The van der Waals surface area contributed by atoms with E-state index in [0.717, 1.165) is 103 Å². The van der Waals surface area contributed by atoms with E-state index in [4.69, 9.17) is 18.5 Å². The van der Waals surface area contributed by atoms with Crippen LogP contribution in [0, 0.1) is 0 Å². The lowest BCUT2D eigenvalue weighted by Crippen LogP contribution is -2.29. The average Bonchev–Trinajstić information content (AvgIpc) is 3.13. The van der Waals surface area contributed by atoms with Crippen molar-refractivity contribution in [1.29, 1.82) is 0 Å². The number of phosphoric acid groups is 1. The number of esters is 2. The zero-order chi connectivity index (χ0) is 38.9. The van der Waals surface area contributed by atoms with Gasteiger partial charge in [0, 0.05) is 12.8 Å². The molecule has 0 rings (SSSR count). The first-order valence-corrected chi connectivity index (χ1v) is 22.6. The van der Waals surface area contributed by atoms with E-state index < -0.39 is 26.5 Å². The molecule has 0 aromatic rings. The van der Waals surface area contributed by atoms with Crippen molar-refractivity contribution in [2.75, 3.05) is 19.8 Å². The minimum Gasteiger partial charge on any atom is -0.462 e. The van der Waals surface area contributed by atoms with Crippen LogP contribution in [0.25, 0.3) is 0 Å². The van der Waals surface area contributed by atoms with Gasteiger partial charge in [-0.1, -0.05) is 145 Å². The van der Waals surface area contributed by atoms with Gasteiger partial charge in [0.15, 0.2) is 6.10 Å².